The predicted octanol–water partition coefficient (Wildman–Crippen LogP) is 3.42. The highest BCUT2D eigenvalue weighted by Crippen LogP contribution is 2.31. The third kappa shape index (κ3) is 5.45. The Hall–Kier alpha value is -2.71. The molecular weight excluding hydrogens is 438 g/mol. The van der Waals surface area contributed by atoms with E-state index < -0.39 is 10.0 Å². The van der Waals surface area contributed by atoms with Crippen molar-refractivity contribution in [3.63, 3.8) is 0 Å². The topological polar surface area (TPSA) is 86.8 Å². The zero-order valence-corrected chi connectivity index (χ0v) is 20.8. The highest BCUT2D eigenvalue weighted by molar-refractivity contribution is 7.89. The van der Waals surface area contributed by atoms with E-state index in [1.807, 2.05) is 52.0 Å². The second-order valence-corrected chi connectivity index (χ2v) is 10.8. The first-order chi connectivity index (χ1) is 15.5. The van der Waals surface area contributed by atoms with Crippen LogP contribution < -0.4 is 5.32 Å². The van der Waals surface area contributed by atoms with Crippen LogP contribution >= 0.6 is 0 Å². The molecule has 1 N–H and O–H groups in total. The van der Waals surface area contributed by atoms with Gasteiger partial charge >= 0.3 is 0 Å². The van der Waals surface area contributed by atoms with Crippen LogP contribution in [0.15, 0.2) is 41.3 Å². The summed E-state index contributed by atoms with van der Waals surface area (Å²) >= 11 is 0. The van der Waals surface area contributed by atoms with Gasteiger partial charge in [0.25, 0.3) is 0 Å². The Morgan fingerprint density at radius 3 is 2.09 bits per heavy atom. The minimum absolute atomic E-state index is 0.0484. The number of sulfonamides is 1. The first-order valence-corrected chi connectivity index (χ1v) is 12.6. The van der Waals surface area contributed by atoms with Gasteiger partial charge in [0.2, 0.25) is 21.8 Å². The van der Waals surface area contributed by atoms with Crippen molar-refractivity contribution in [3.8, 4) is 0 Å². The molecule has 0 unspecified atom stereocenters. The predicted molar refractivity (Wildman–Crippen MR) is 130 cm³/mol. The Labute approximate surface area is 196 Å². The van der Waals surface area contributed by atoms with Gasteiger partial charge in [-0.1, -0.05) is 24.3 Å². The number of aryl methyl sites for hydroxylation is 2. The van der Waals surface area contributed by atoms with E-state index in [4.69, 9.17) is 0 Å². The summed E-state index contributed by atoms with van der Waals surface area (Å²) < 4.78 is 28.4. The smallest absolute Gasteiger partial charge is 0.243 e. The van der Waals surface area contributed by atoms with Crippen LogP contribution in [0.5, 0.6) is 0 Å². The molecule has 1 fully saturated rings. The van der Waals surface area contributed by atoms with Crippen molar-refractivity contribution < 1.29 is 18.0 Å². The van der Waals surface area contributed by atoms with E-state index in [2.05, 4.69) is 5.32 Å². The number of carbonyl (C=O) groups excluding carboxylic acids is 2. The van der Waals surface area contributed by atoms with Crippen molar-refractivity contribution in [1.29, 1.82) is 0 Å². The van der Waals surface area contributed by atoms with Gasteiger partial charge in [0, 0.05) is 31.7 Å². The molecule has 2 amide bonds. The molecule has 8 heteroatoms. The number of rotatable bonds is 6. The molecule has 3 rings (SSSR count). The van der Waals surface area contributed by atoms with E-state index in [-0.39, 0.29) is 37.4 Å². The van der Waals surface area contributed by atoms with Crippen molar-refractivity contribution >= 4 is 27.5 Å². The van der Waals surface area contributed by atoms with Gasteiger partial charge in [0.15, 0.2) is 0 Å². The molecule has 1 heterocycles. The van der Waals surface area contributed by atoms with Gasteiger partial charge in [-0.3, -0.25) is 9.59 Å². The lowest BCUT2D eigenvalue weighted by Gasteiger charge is -2.33. The largest absolute Gasteiger partial charge is 0.336 e. The van der Waals surface area contributed by atoms with E-state index in [0.29, 0.717) is 23.4 Å². The number of nitrogens with zero attached hydrogens (tertiary/aromatic N) is 2. The monoisotopic (exact) mass is 471 g/mol. The van der Waals surface area contributed by atoms with Gasteiger partial charge in [-0.2, -0.15) is 4.31 Å². The second-order valence-electron chi connectivity index (χ2n) is 8.88. The SMILES string of the molecule is Cc1cc(C)c(C)c(S(=O)(=O)N2CCC(C(=O)N(C)CC(=O)Nc3ccccc3)CC2)c1C. The summed E-state index contributed by atoms with van der Waals surface area (Å²) in [6.45, 7) is 8.07. The van der Waals surface area contributed by atoms with E-state index in [9.17, 15) is 18.0 Å². The zero-order valence-electron chi connectivity index (χ0n) is 20.0. The molecule has 2 aromatic rings. The molecule has 1 aliphatic heterocycles. The standard InChI is InChI=1S/C25H33N3O4S/c1-17-15-18(2)20(4)24(19(17)3)33(31,32)28-13-11-21(12-14-28)25(30)27(5)16-23(29)26-22-9-7-6-8-10-22/h6-10,15,21H,11-14,16H2,1-5H3,(H,26,29). The van der Waals surface area contributed by atoms with E-state index in [0.717, 1.165) is 22.3 Å². The van der Waals surface area contributed by atoms with E-state index in [1.54, 1.807) is 19.2 Å². The molecular formula is C25H33N3O4S. The molecule has 33 heavy (non-hydrogen) atoms. The Morgan fingerprint density at radius 2 is 1.55 bits per heavy atom. The third-order valence-corrected chi connectivity index (χ3v) is 8.69. The highest BCUT2D eigenvalue weighted by Gasteiger charge is 2.35. The summed E-state index contributed by atoms with van der Waals surface area (Å²) in [6, 6.07) is 11.1. The minimum Gasteiger partial charge on any atom is -0.336 e. The molecule has 1 aliphatic rings. The molecule has 0 atom stereocenters. The maximum Gasteiger partial charge on any atom is 0.243 e. The lowest BCUT2D eigenvalue weighted by Crippen LogP contribution is -2.45. The number of anilines is 1. The van der Waals surface area contributed by atoms with Crippen LogP contribution in [0.2, 0.25) is 0 Å². The fourth-order valence-electron chi connectivity index (χ4n) is 4.37. The van der Waals surface area contributed by atoms with Crippen LogP contribution in [-0.2, 0) is 19.6 Å². The molecule has 7 nitrogen and oxygen atoms in total. The molecule has 0 spiro atoms. The van der Waals surface area contributed by atoms with Crippen molar-refractivity contribution in [2.75, 3.05) is 32.0 Å². The molecule has 0 bridgehead atoms. The number of hydrogen-bond donors (Lipinski definition) is 1. The average Bonchev–Trinajstić information content (AvgIpc) is 2.78. The van der Waals surface area contributed by atoms with Crippen molar-refractivity contribution in [2.45, 2.75) is 45.4 Å². The normalized spacial score (nSPS) is 15.3. The molecule has 0 radical (unpaired) electrons. The van der Waals surface area contributed by atoms with Crippen molar-refractivity contribution in [1.82, 2.24) is 9.21 Å². The van der Waals surface area contributed by atoms with Crippen LogP contribution in [0.25, 0.3) is 0 Å². The number of para-hydroxylation sites is 1. The fraction of sp³-hybridized carbons (Fsp3) is 0.440. The van der Waals surface area contributed by atoms with Crippen LogP contribution in [-0.4, -0.2) is 56.1 Å². The number of amides is 2. The molecule has 0 aliphatic carbocycles. The zero-order chi connectivity index (χ0) is 24.3. The van der Waals surface area contributed by atoms with Crippen LogP contribution in [0, 0.1) is 33.6 Å². The van der Waals surface area contributed by atoms with Gasteiger partial charge in [0.05, 0.1) is 11.4 Å². The van der Waals surface area contributed by atoms with Gasteiger partial charge in [-0.05, 0) is 74.9 Å². The van der Waals surface area contributed by atoms with Crippen LogP contribution in [0.1, 0.15) is 35.1 Å². The van der Waals surface area contributed by atoms with Crippen molar-refractivity contribution in [2.24, 2.45) is 5.92 Å². The molecule has 0 aromatic heterocycles. The minimum atomic E-state index is -3.65. The molecule has 2 aromatic carbocycles. The third-order valence-electron chi connectivity index (χ3n) is 6.51. The summed E-state index contributed by atoms with van der Waals surface area (Å²) in [5.74, 6) is -0.695. The number of piperidine rings is 1. The molecule has 0 saturated carbocycles. The summed E-state index contributed by atoms with van der Waals surface area (Å²) in [4.78, 5) is 27.0. The van der Waals surface area contributed by atoms with Gasteiger partial charge in [-0.15, -0.1) is 0 Å². The summed E-state index contributed by atoms with van der Waals surface area (Å²) in [5.41, 5.74) is 4.15. The first-order valence-electron chi connectivity index (χ1n) is 11.2. The molecule has 178 valence electrons. The number of benzene rings is 2. The Bertz CT molecular complexity index is 1110. The number of hydrogen-bond acceptors (Lipinski definition) is 4. The second kappa shape index (κ2) is 10.1. The molecule has 1 saturated heterocycles. The van der Waals surface area contributed by atoms with Gasteiger partial charge in [0.1, 0.15) is 0 Å². The lowest BCUT2D eigenvalue weighted by molar-refractivity contribution is -0.138. The Kier molecular flexibility index (Phi) is 7.59. The highest BCUT2D eigenvalue weighted by atomic mass is 32.2. The van der Waals surface area contributed by atoms with Crippen LogP contribution in [0.3, 0.4) is 0 Å². The number of nitrogens with one attached hydrogen (secondary N) is 1. The van der Waals surface area contributed by atoms with Crippen molar-refractivity contribution in [3.05, 3.63) is 58.7 Å². The summed E-state index contributed by atoms with van der Waals surface area (Å²) in [6.07, 6.45) is 0.872. The quantitative estimate of drug-likeness (QED) is 0.699. The fourth-order valence-corrected chi connectivity index (χ4v) is 6.41. The van der Waals surface area contributed by atoms with Gasteiger partial charge in [-0.25, -0.2) is 8.42 Å². The lowest BCUT2D eigenvalue weighted by atomic mass is 9.96. The number of likely N-dealkylation sites (N-methyl/N-ethyl adjacent to an activating group) is 1. The van der Waals surface area contributed by atoms with E-state index >= 15 is 0 Å². The summed E-state index contributed by atoms with van der Waals surface area (Å²) in [7, 11) is -2.04. The first kappa shape index (κ1) is 24.9. The summed E-state index contributed by atoms with van der Waals surface area (Å²) in [5, 5.41) is 2.77. The average molecular weight is 472 g/mol. The van der Waals surface area contributed by atoms with Gasteiger partial charge < -0.3 is 10.2 Å². The number of carbonyl (C=O) groups is 2. The maximum absolute atomic E-state index is 13.4. The Balaban J connectivity index is 1.62. The maximum atomic E-state index is 13.4. The van der Waals surface area contributed by atoms with E-state index in [1.165, 1.54) is 9.21 Å². The Morgan fingerprint density at radius 1 is 1.00 bits per heavy atom. The van der Waals surface area contributed by atoms with Crippen LogP contribution in [0.4, 0.5) is 5.69 Å².